The Balaban J connectivity index is 1.56. The SMILES string of the molecule is COCCOCOc1ccc2c3c1OC1C(=O)CC[C@@]4(O)C(C2)N(C)CC[C@]314. The van der Waals surface area contributed by atoms with Gasteiger partial charge in [-0.1, -0.05) is 6.07 Å². The van der Waals surface area contributed by atoms with Crippen molar-refractivity contribution < 1.29 is 28.8 Å². The van der Waals surface area contributed by atoms with E-state index in [1.165, 1.54) is 0 Å². The maximum Gasteiger partial charge on any atom is 0.189 e. The lowest BCUT2D eigenvalue weighted by atomic mass is 9.49. The molecule has 7 heteroatoms. The van der Waals surface area contributed by atoms with E-state index in [1.807, 2.05) is 6.07 Å². The normalized spacial score (nSPS) is 35.5. The van der Waals surface area contributed by atoms with E-state index in [0.717, 1.165) is 24.1 Å². The number of ether oxygens (including phenoxy) is 4. The largest absolute Gasteiger partial charge is 0.477 e. The monoisotopic (exact) mass is 389 g/mol. The number of aliphatic hydroxyl groups is 1. The standard InChI is InChI=1S/C21H27NO6/c1-22-8-7-20-17-13-3-4-15(27-12-26-10-9-25-2)18(17)28-19(20)14(23)5-6-21(20,24)16(22)11-13/h3-4,16,19,24H,5-12H2,1-2H3/t16?,19?,20-,21+/m0/s1. The Hall–Kier alpha value is -1.67. The Morgan fingerprint density at radius 2 is 2.18 bits per heavy atom. The number of methoxy groups -OCH3 is 1. The molecule has 1 spiro atoms. The molecule has 0 radical (unpaired) electrons. The fraction of sp³-hybridized carbons (Fsp3) is 0.667. The molecule has 1 aromatic rings. The molecule has 152 valence electrons. The van der Waals surface area contributed by atoms with Crippen molar-refractivity contribution in [2.75, 3.05) is 40.7 Å². The van der Waals surface area contributed by atoms with E-state index < -0.39 is 17.1 Å². The summed E-state index contributed by atoms with van der Waals surface area (Å²) in [5.74, 6) is 1.28. The van der Waals surface area contributed by atoms with Crippen molar-refractivity contribution >= 4 is 5.78 Å². The van der Waals surface area contributed by atoms with Gasteiger partial charge < -0.3 is 29.0 Å². The molecular formula is C21H27NO6. The molecule has 7 nitrogen and oxygen atoms in total. The van der Waals surface area contributed by atoms with Crippen molar-refractivity contribution in [2.24, 2.45) is 0 Å². The van der Waals surface area contributed by atoms with Crippen LogP contribution in [0.2, 0.25) is 0 Å². The van der Waals surface area contributed by atoms with Crippen LogP contribution in [-0.2, 0) is 26.1 Å². The highest BCUT2D eigenvalue weighted by molar-refractivity contribution is 5.90. The molecule has 2 bridgehead atoms. The second kappa shape index (κ2) is 6.42. The lowest BCUT2D eigenvalue weighted by Gasteiger charge is -2.62. The van der Waals surface area contributed by atoms with Crippen LogP contribution in [0.1, 0.15) is 30.4 Å². The van der Waals surface area contributed by atoms with Crippen LogP contribution in [0.3, 0.4) is 0 Å². The van der Waals surface area contributed by atoms with Crippen LogP contribution >= 0.6 is 0 Å². The highest BCUT2D eigenvalue weighted by atomic mass is 16.7. The van der Waals surface area contributed by atoms with Crippen molar-refractivity contribution in [3.8, 4) is 11.5 Å². The quantitative estimate of drug-likeness (QED) is 0.575. The van der Waals surface area contributed by atoms with Crippen molar-refractivity contribution in [1.82, 2.24) is 4.90 Å². The first-order chi connectivity index (χ1) is 13.5. The molecule has 0 aromatic heterocycles. The van der Waals surface area contributed by atoms with Gasteiger partial charge in [0.25, 0.3) is 0 Å². The van der Waals surface area contributed by atoms with E-state index in [2.05, 4.69) is 18.0 Å². The molecule has 2 aliphatic heterocycles. The average Bonchev–Trinajstić information content (AvgIpc) is 3.04. The van der Waals surface area contributed by atoms with Crippen LogP contribution in [-0.4, -0.2) is 74.2 Å². The number of likely N-dealkylation sites (N-methyl/N-ethyl adjacent to an activating group) is 1. The Labute approximate surface area is 164 Å². The van der Waals surface area contributed by atoms with Crippen molar-refractivity contribution in [3.05, 3.63) is 23.3 Å². The highest BCUT2D eigenvalue weighted by Gasteiger charge is 2.72. The van der Waals surface area contributed by atoms with Gasteiger partial charge in [-0.05, 0) is 44.5 Å². The molecule has 0 amide bonds. The third-order valence-corrected chi connectivity index (χ3v) is 7.24. The maximum atomic E-state index is 12.9. The van der Waals surface area contributed by atoms with Crippen LogP contribution in [0, 0.1) is 0 Å². The Kier molecular flexibility index (Phi) is 4.21. The number of likely N-dealkylation sites (tertiary alicyclic amines) is 1. The van der Waals surface area contributed by atoms with Crippen LogP contribution < -0.4 is 9.47 Å². The van der Waals surface area contributed by atoms with Gasteiger partial charge in [-0.2, -0.15) is 0 Å². The number of carbonyl (C=O) groups excluding carboxylic acids is 1. The van der Waals surface area contributed by atoms with Gasteiger partial charge in [0.1, 0.15) is 0 Å². The molecule has 1 saturated carbocycles. The number of Topliss-reactive ketones (excluding diaryl/α,β-unsaturated/α-hetero) is 1. The summed E-state index contributed by atoms with van der Waals surface area (Å²) in [7, 11) is 3.69. The number of ketones is 1. The smallest absolute Gasteiger partial charge is 0.189 e. The van der Waals surface area contributed by atoms with E-state index >= 15 is 0 Å². The Morgan fingerprint density at radius 1 is 1.32 bits per heavy atom. The van der Waals surface area contributed by atoms with Crippen LogP contribution in [0.25, 0.3) is 0 Å². The number of rotatable bonds is 6. The minimum Gasteiger partial charge on any atom is -0.477 e. The van der Waals surface area contributed by atoms with E-state index in [9.17, 15) is 9.90 Å². The second-order valence-electron chi connectivity index (χ2n) is 8.40. The zero-order valence-electron chi connectivity index (χ0n) is 16.4. The first kappa shape index (κ1) is 18.4. The van der Waals surface area contributed by atoms with Gasteiger partial charge in [-0.15, -0.1) is 0 Å². The van der Waals surface area contributed by atoms with E-state index in [-0.39, 0.29) is 18.6 Å². The second-order valence-corrected chi connectivity index (χ2v) is 8.40. The van der Waals surface area contributed by atoms with Crippen molar-refractivity contribution in [2.45, 2.75) is 48.8 Å². The molecule has 2 heterocycles. The van der Waals surface area contributed by atoms with Gasteiger partial charge in [-0.3, -0.25) is 4.79 Å². The van der Waals surface area contributed by atoms with Crippen molar-refractivity contribution in [1.29, 1.82) is 0 Å². The average molecular weight is 389 g/mol. The number of piperidine rings is 1. The maximum absolute atomic E-state index is 12.9. The molecule has 2 aliphatic carbocycles. The first-order valence-corrected chi connectivity index (χ1v) is 10.0. The summed E-state index contributed by atoms with van der Waals surface area (Å²) in [6.45, 7) is 1.86. The summed E-state index contributed by atoms with van der Waals surface area (Å²) in [6, 6.07) is 3.96. The Bertz CT molecular complexity index is 812. The zero-order valence-corrected chi connectivity index (χ0v) is 16.4. The summed E-state index contributed by atoms with van der Waals surface area (Å²) < 4.78 is 22.5. The van der Waals surface area contributed by atoms with Gasteiger partial charge in [0.2, 0.25) is 0 Å². The summed E-state index contributed by atoms with van der Waals surface area (Å²) in [4.78, 5) is 15.1. The van der Waals surface area contributed by atoms with Gasteiger partial charge in [0, 0.05) is 25.1 Å². The van der Waals surface area contributed by atoms with Crippen LogP contribution in [0.15, 0.2) is 12.1 Å². The van der Waals surface area contributed by atoms with Gasteiger partial charge in [-0.25, -0.2) is 0 Å². The predicted molar refractivity (Wildman–Crippen MR) is 99.8 cm³/mol. The molecular weight excluding hydrogens is 362 g/mol. The summed E-state index contributed by atoms with van der Waals surface area (Å²) in [6.07, 6.45) is 1.68. The number of nitrogens with zero attached hydrogens (tertiary/aromatic N) is 1. The lowest BCUT2D eigenvalue weighted by Crippen LogP contribution is -2.76. The highest BCUT2D eigenvalue weighted by Crippen LogP contribution is 2.64. The minimum atomic E-state index is -0.954. The lowest BCUT2D eigenvalue weighted by molar-refractivity contribution is -0.185. The molecule has 4 aliphatic rings. The number of benzene rings is 1. The molecule has 5 rings (SSSR count). The Morgan fingerprint density at radius 3 is 3.00 bits per heavy atom. The molecule has 1 N–H and O–H groups in total. The molecule has 1 aromatic carbocycles. The number of carbonyl (C=O) groups is 1. The molecule has 2 fully saturated rings. The zero-order chi connectivity index (χ0) is 19.5. The minimum absolute atomic E-state index is 0.00282. The third-order valence-electron chi connectivity index (χ3n) is 7.24. The topological polar surface area (TPSA) is 77.5 Å². The van der Waals surface area contributed by atoms with Crippen LogP contribution in [0.5, 0.6) is 11.5 Å². The van der Waals surface area contributed by atoms with Gasteiger partial charge >= 0.3 is 0 Å². The van der Waals surface area contributed by atoms with E-state index in [1.54, 1.807) is 7.11 Å². The number of hydrogen-bond acceptors (Lipinski definition) is 7. The van der Waals surface area contributed by atoms with Gasteiger partial charge in [0.15, 0.2) is 30.2 Å². The van der Waals surface area contributed by atoms with Crippen LogP contribution in [0.4, 0.5) is 0 Å². The fourth-order valence-corrected chi connectivity index (χ4v) is 5.94. The predicted octanol–water partition coefficient (Wildman–Crippen LogP) is 1.04. The first-order valence-electron chi connectivity index (χ1n) is 10.0. The van der Waals surface area contributed by atoms with Gasteiger partial charge in [0.05, 0.1) is 24.2 Å². The third kappa shape index (κ3) is 2.21. The number of hydrogen-bond donors (Lipinski definition) is 1. The molecule has 1 saturated heterocycles. The summed E-state index contributed by atoms with van der Waals surface area (Å²) in [5, 5.41) is 11.9. The van der Waals surface area contributed by atoms with E-state index in [4.69, 9.17) is 18.9 Å². The fourth-order valence-electron chi connectivity index (χ4n) is 5.94. The van der Waals surface area contributed by atoms with Crippen molar-refractivity contribution in [3.63, 3.8) is 0 Å². The molecule has 2 unspecified atom stereocenters. The summed E-state index contributed by atoms with van der Waals surface area (Å²) in [5.41, 5.74) is 0.524. The summed E-state index contributed by atoms with van der Waals surface area (Å²) >= 11 is 0. The molecule has 4 atom stereocenters. The van der Waals surface area contributed by atoms with E-state index in [0.29, 0.717) is 44.0 Å². The molecule has 28 heavy (non-hydrogen) atoms.